The van der Waals surface area contributed by atoms with Gasteiger partial charge in [0.1, 0.15) is 18.5 Å². The van der Waals surface area contributed by atoms with E-state index in [9.17, 15) is 0 Å². The van der Waals surface area contributed by atoms with E-state index < -0.39 is 0 Å². The molecule has 3 heterocycles. The Morgan fingerprint density at radius 1 is 1.30 bits per heavy atom. The Morgan fingerprint density at radius 3 is 3.07 bits per heavy atom. The van der Waals surface area contributed by atoms with Crippen molar-refractivity contribution in [3.63, 3.8) is 0 Å². The van der Waals surface area contributed by atoms with Crippen LogP contribution in [0.4, 0.5) is 0 Å². The number of fused-ring (bicyclic) bond motifs is 1. The fourth-order valence-electron chi connectivity index (χ4n) is 3.40. The van der Waals surface area contributed by atoms with Crippen LogP contribution in [-0.2, 0) is 4.74 Å². The molecule has 4 rings (SSSR count). The lowest BCUT2D eigenvalue weighted by Crippen LogP contribution is -2.31. The molecule has 0 amide bonds. The number of hydrogen-bond acceptors (Lipinski definition) is 4. The summed E-state index contributed by atoms with van der Waals surface area (Å²) in [4.78, 5) is 4.55. The van der Waals surface area contributed by atoms with Crippen LogP contribution in [0.2, 0.25) is 0 Å². The van der Waals surface area contributed by atoms with Crippen molar-refractivity contribution >= 4 is 10.9 Å². The van der Waals surface area contributed by atoms with E-state index in [-0.39, 0.29) is 6.10 Å². The van der Waals surface area contributed by atoms with E-state index in [4.69, 9.17) is 9.47 Å². The first-order chi connectivity index (χ1) is 13.2. The summed E-state index contributed by atoms with van der Waals surface area (Å²) >= 11 is 0. The maximum absolute atomic E-state index is 6.22. The summed E-state index contributed by atoms with van der Waals surface area (Å²) in [5.41, 5.74) is 3.24. The molecule has 0 bridgehead atoms. The quantitative estimate of drug-likeness (QED) is 0.741. The maximum Gasteiger partial charge on any atom is 0.129 e. The number of ether oxygens (including phenoxy) is 2. The highest BCUT2D eigenvalue weighted by Crippen LogP contribution is 2.32. The lowest BCUT2D eigenvalue weighted by Gasteiger charge is -2.17. The zero-order valence-corrected chi connectivity index (χ0v) is 16.0. The third-order valence-corrected chi connectivity index (χ3v) is 4.97. The number of hydrogen-bond donors (Lipinski definition) is 1. The van der Waals surface area contributed by atoms with Crippen molar-refractivity contribution in [2.75, 3.05) is 26.3 Å². The van der Waals surface area contributed by atoms with Gasteiger partial charge in [-0.15, -0.1) is 0 Å². The molecule has 27 heavy (non-hydrogen) atoms. The largest absolute Gasteiger partial charge is 0.490 e. The van der Waals surface area contributed by atoms with Crippen LogP contribution in [0.25, 0.3) is 22.0 Å². The van der Waals surface area contributed by atoms with Crippen LogP contribution in [-0.4, -0.2) is 42.0 Å². The predicted molar refractivity (Wildman–Crippen MR) is 108 cm³/mol. The highest BCUT2D eigenvalue weighted by Gasteiger charge is 2.15. The normalized spacial score (nSPS) is 18.0. The van der Waals surface area contributed by atoms with Gasteiger partial charge < -0.3 is 19.4 Å². The molecule has 3 aromatic rings. The zero-order chi connectivity index (χ0) is 18.6. The fourth-order valence-corrected chi connectivity index (χ4v) is 3.40. The molecule has 1 aliphatic rings. The summed E-state index contributed by atoms with van der Waals surface area (Å²) in [7, 11) is 0. The Balaban J connectivity index is 1.63. The fraction of sp³-hybridized carbons (Fsp3) is 0.409. The Bertz CT molecular complexity index is 895. The summed E-state index contributed by atoms with van der Waals surface area (Å²) in [6.45, 7) is 7.51. The molecule has 1 fully saturated rings. The van der Waals surface area contributed by atoms with Gasteiger partial charge in [0.2, 0.25) is 0 Å². The van der Waals surface area contributed by atoms with Gasteiger partial charge in [0.15, 0.2) is 0 Å². The first-order valence-electron chi connectivity index (χ1n) is 9.72. The van der Waals surface area contributed by atoms with Crippen molar-refractivity contribution in [2.24, 2.45) is 0 Å². The van der Waals surface area contributed by atoms with Crippen LogP contribution in [0.5, 0.6) is 5.75 Å². The Labute approximate surface area is 160 Å². The first-order valence-corrected chi connectivity index (χ1v) is 9.72. The van der Waals surface area contributed by atoms with Gasteiger partial charge in [0.05, 0.1) is 5.52 Å². The molecular formula is C22H27N3O2. The minimum atomic E-state index is 0.0740. The van der Waals surface area contributed by atoms with Crippen molar-refractivity contribution in [3.05, 3.63) is 48.9 Å². The van der Waals surface area contributed by atoms with E-state index in [1.165, 1.54) is 5.56 Å². The second-order valence-electron chi connectivity index (χ2n) is 7.35. The highest BCUT2D eigenvalue weighted by molar-refractivity contribution is 5.90. The molecule has 1 aliphatic heterocycles. The monoisotopic (exact) mass is 365 g/mol. The van der Waals surface area contributed by atoms with Crippen molar-refractivity contribution in [1.82, 2.24) is 14.9 Å². The molecule has 2 aromatic heterocycles. The summed E-state index contributed by atoms with van der Waals surface area (Å²) in [6.07, 6.45) is 7.24. The average molecular weight is 365 g/mol. The van der Waals surface area contributed by atoms with Gasteiger partial charge in [0, 0.05) is 43.2 Å². The lowest BCUT2D eigenvalue weighted by atomic mass is 10.1. The highest BCUT2D eigenvalue weighted by atomic mass is 16.5. The molecule has 1 saturated heterocycles. The van der Waals surface area contributed by atoms with Gasteiger partial charge in [-0.05, 0) is 68.3 Å². The van der Waals surface area contributed by atoms with E-state index in [0.717, 1.165) is 48.3 Å². The first kappa shape index (κ1) is 18.0. The summed E-state index contributed by atoms with van der Waals surface area (Å²) < 4.78 is 14.3. The SMILES string of the molecule is CC(C)n1ccc(-c2cc(OC[C@@H]3CNCCCO3)c3cccnc3c2)c1. The third kappa shape index (κ3) is 4.15. The molecule has 1 N–H and O–H groups in total. The van der Waals surface area contributed by atoms with Crippen LogP contribution in [0, 0.1) is 0 Å². The minimum absolute atomic E-state index is 0.0740. The molecule has 0 aliphatic carbocycles. The molecule has 5 nitrogen and oxygen atoms in total. The summed E-state index contributed by atoms with van der Waals surface area (Å²) in [6, 6.07) is 10.8. The summed E-state index contributed by atoms with van der Waals surface area (Å²) in [5.74, 6) is 0.862. The van der Waals surface area contributed by atoms with E-state index in [2.05, 4.69) is 65.4 Å². The van der Waals surface area contributed by atoms with Crippen LogP contribution in [0.15, 0.2) is 48.9 Å². The minimum Gasteiger partial charge on any atom is -0.490 e. The van der Waals surface area contributed by atoms with Crippen LogP contribution in [0.3, 0.4) is 0 Å². The lowest BCUT2D eigenvalue weighted by molar-refractivity contribution is 0.0328. The van der Waals surface area contributed by atoms with Crippen molar-refractivity contribution in [1.29, 1.82) is 0 Å². The summed E-state index contributed by atoms with van der Waals surface area (Å²) in [5, 5.41) is 4.43. The second kappa shape index (κ2) is 8.11. The van der Waals surface area contributed by atoms with Gasteiger partial charge in [-0.1, -0.05) is 0 Å². The molecule has 142 valence electrons. The van der Waals surface area contributed by atoms with Crippen LogP contribution in [0.1, 0.15) is 26.3 Å². The van der Waals surface area contributed by atoms with Crippen molar-refractivity contribution < 1.29 is 9.47 Å². The second-order valence-corrected chi connectivity index (χ2v) is 7.35. The molecule has 0 spiro atoms. The van der Waals surface area contributed by atoms with Gasteiger partial charge >= 0.3 is 0 Å². The number of nitrogens with one attached hydrogen (secondary N) is 1. The average Bonchev–Trinajstić information content (AvgIpc) is 3.04. The number of rotatable bonds is 5. The van der Waals surface area contributed by atoms with Gasteiger partial charge in [-0.2, -0.15) is 0 Å². The smallest absolute Gasteiger partial charge is 0.129 e. The van der Waals surface area contributed by atoms with E-state index in [1.807, 2.05) is 12.3 Å². The number of nitrogens with zero attached hydrogens (tertiary/aromatic N) is 2. The topological polar surface area (TPSA) is 48.3 Å². The number of benzene rings is 1. The van der Waals surface area contributed by atoms with E-state index in [0.29, 0.717) is 12.6 Å². The third-order valence-electron chi connectivity index (χ3n) is 4.97. The van der Waals surface area contributed by atoms with Crippen molar-refractivity contribution in [3.8, 4) is 16.9 Å². The molecular weight excluding hydrogens is 338 g/mol. The molecule has 0 saturated carbocycles. The van der Waals surface area contributed by atoms with E-state index in [1.54, 1.807) is 0 Å². The molecule has 5 heteroatoms. The van der Waals surface area contributed by atoms with Crippen LogP contribution >= 0.6 is 0 Å². The maximum atomic E-state index is 6.22. The van der Waals surface area contributed by atoms with Gasteiger partial charge in [0.25, 0.3) is 0 Å². The number of aromatic nitrogens is 2. The predicted octanol–water partition coefficient (Wildman–Crippen LogP) is 4.04. The van der Waals surface area contributed by atoms with E-state index >= 15 is 0 Å². The Morgan fingerprint density at radius 2 is 2.22 bits per heavy atom. The number of pyridine rings is 1. The van der Waals surface area contributed by atoms with Crippen molar-refractivity contribution in [2.45, 2.75) is 32.4 Å². The van der Waals surface area contributed by atoms with Gasteiger partial charge in [-0.3, -0.25) is 4.98 Å². The molecule has 0 unspecified atom stereocenters. The molecule has 1 aromatic carbocycles. The molecule has 1 atom stereocenters. The Kier molecular flexibility index (Phi) is 5.41. The molecule has 0 radical (unpaired) electrons. The van der Waals surface area contributed by atoms with Gasteiger partial charge in [-0.25, -0.2) is 0 Å². The standard InChI is InChI=1S/C22H27N3O2/c1-16(2)25-9-6-17(14-25)18-11-21-20(5-3-8-24-21)22(12-18)27-15-19-13-23-7-4-10-26-19/h3,5-6,8-9,11-12,14,16,19,23H,4,7,10,13,15H2,1-2H3/t19-/m0/s1. The Hall–Kier alpha value is -2.37. The zero-order valence-electron chi connectivity index (χ0n) is 16.0. The van der Waals surface area contributed by atoms with Crippen LogP contribution < -0.4 is 10.1 Å².